The highest BCUT2D eigenvalue weighted by Gasteiger charge is 2.54. The minimum atomic E-state index is -1.06. The molecule has 2 saturated carbocycles. The normalized spacial score (nSPS) is 27.6. The van der Waals surface area contributed by atoms with Gasteiger partial charge in [0.2, 0.25) is 5.91 Å². The van der Waals surface area contributed by atoms with Crippen molar-refractivity contribution < 1.29 is 14.7 Å². The largest absolute Gasteiger partial charge is 0.478 e. The van der Waals surface area contributed by atoms with Gasteiger partial charge in [0.25, 0.3) is 0 Å². The average Bonchev–Trinajstić information content (AvgIpc) is 3.12. The molecule has 3 rings (SSSR count). The number of nitrogens with one attached hydrogen (secondary N) is 1. The van der Waals surface area contributed by atoms with Crippen LogP contribution in [-0.4, -0.2) is 17.0 Å². The molecule has 0 radical (unpaired) electrons. The molecule has 2 fully saturated rings. The SMILES string of the molecule is O=C(O)c1ccc(Cl)cc1NC(=O)C1C2CCCCC21. The molecule has 0 bridgehead atoms. The Morgan fingerprint density at radius 1 is 1.20 bits per heavy atom. The van der Waals surface area contributed by atoms with Crippen molar-refractivity contribution >= 4 is 29.2 Å². The van der Waals surface area contributed by atoms with E-state index in [1.54, 1.807) is 0 Å². The van der Waals surface area contributed by atoms with Crippen LogP contribution in [-0.2, 0) is 4.79 Å². The summed E-state index contributed by atoms with van der Waals surface area (Å²) in [5, 5.41) is 12.3. The van der Waals surface area contributed by atoms with E-state index in [-0.39, 0.29) is 17.4 Å². The Balaban J connectivity index is 1.76. The van der Waals surface area contributed by atoms with E-state index in [1.807, 2.05) is 0 Å². The van der Waals surface area contributed by atoms with Crippen LogP contribution in [0.25, 0.3) is 0 Å². The van der Waals surface area contributed by atoms with Crippen molar-refractivity contribution in [1.29, 1.82) is 0 Å². The van der Waals surface area contributed by atoms with Crippen LogP contribution >= 0.6 is 11.6 Å². The number of benzene rings is 1. The fourth-order valence-corrected chi connectivity index (χ4v) is 3.58. The highest BCUT2D eigenvalue weighted by atomic mass is 35.5. The number of halogens is 1. The number of hydrogen-bond acceptors (Lipinski definition) is 2. The second-order valence-electron chi connectivity index (χ2n) is 5.62. The molecule has 1 amide bonds. The molecule has 0 spiro atoms. The van der Waals surface area contributed by atoms with Gasteiger partial charge in [-0.3, -0.25) is 4.79 Å². The highest BCUT2D eigenvalue weighted by molar-refractivity contribution is 6.31. The first-order valence-electron chi connectivity index (χ1n) is 6.91. The van der Waals surface area contributed by atoms with Crippen molar-refractivity contribution in [3.63, 3.8) is 0 Å². The van der Waals surface area contributed by atoms with Crippen LogP contribution in [0.5, 0.6) is 0 Å². The highest BCUT2D eigenvalue weighted by Crippen LogP contribution is 2.55. The number of aromatic carboxylic acids is 1. The number of rotatable bonds is 3. The third-order valence-electron chi connectivity index (χ3n) is 4.43. The average molecular weight is 294 g/mol. The van der Waals surface area contributed by atoms with Crippen LogP contribution in [0.1, 0.15) is 36.0 Å². The van der Waals surface area contributed by atoms with Crippen molar-refractivity contribution in [3.05, 3.63) is 28.8 Å². The molecule has 0 aromatic heterocycles. The Hall–Kier alpha value is -1.55. The lowest BCUT2D eigenvalue weighted by Crippen LogP contribution is -2.17. The van der Waals surface area contributed by atoms with Gasteiger partial charge in [0, 0.05) is 10.9 Å². The predicted octanol–water partition coefficient (Wildman–Crippen LogP) is 3.41. The Morgan fingerprint density at radius 2 is 1.85 bits per heavy atom. The number of carbonyl (C=O) groups is 2. The first-order valence-corrected chi connectivity index (χ1v) is 7.29. The molecule has 106 valence electrons. The Kier molecular flexibility index (Phi) is 3.42. The summed E-state index contributed by atoms with van der Waals surface area (Å²) < 4.78 is 0. The molecule has 0 aliphatic heterocycles. The minimum Gasteiger partial charge on any atom is -0.478 e. The van der Waals surface area contributed by atoms with Crippen LogP contribution in [0.15, 0.2) is 18.2 Å². The van der Waals surface area contributed by atoms with Gasteiger partial charge in [-0.15, -0.1) is 0 Å². The summed E-state index contributed by atoms with van der Waals surface area (Å²) in [6, 6.07) is 4.42. The van der Waals surface area contributed by atoms with E-state index in [1.165, 1.54) is 31.0 Å². The quantitative estimate of drug-likeness (QED) is 0.897. The van der Waals surface area contributed by atoms with Crippen molar-refractivity contribution in [3.8, 4) is 0 Å². The molecular formula is C15H16ClNO3. The van der Waals surface area contributed by atoms with E-state index in [4.69, 9.17) is 16.7 Å². The van der Waals surface area contributed by atoms with Gasteiger partial charge in [-0.05, 0) is 42.9 Å². The summed E-state index contributed by atoms with van der Waals surface area (Å²) >= 11 is 5.88. The van der Waals surface area contributed by atoms with Gasteiger partial charge < -0.3 is 10.4 Å². The number of hydrogen-bond donors (Lipinski definition) is 2. The zero-order valence-electron chi connectivity index (χ0n) is 10.9. The molecule has 2 unspecified atom stereocenters. The molecule has 1 aromatic rings. The maximum Gasteiger partial charge on any atom is 0.337 e. The molecule has 2 aliphatic carbocycles. The van der Waals surface area contributed by atoms with E-state index in [9.17, 15) is 9.59 Å². The van der Waals surface area contributed by atoms with Gasteiger partial charge in [-0.2, -0.15) is 0 Å². The van der Waals surface area contributed by atoms with Gasteiger partial charge in [-0.1, -0.05) is 24.4 Å². The second-order valence-corrected chi connectivity index (χ2v) is 6.06. The van der Waals surface area contributed by atoms with Gasteiger partial charge in [0.1, 0.15) is 0 Å². The van der Waals surface area contributed by atoms with E-state index in [0.29, 0.717) is 22.5 Å². The molecule has 4 nitrogen and oxygen atoms in total. The summed E-state index contributed by atoms with van der Waals surface area (Å²) in [6.07, 6.45) is 4.62. The second kappa shape index (κ2) is 5.09. The molecule has 0 heterocycles. The lowest BCUT2D eigenvalue weighted by atomic mass is 10.0. The summed E-state index contributed by atoms with van der Waals surface area (Å²) in [5.41, 5.74) is 0.366. The van der Waals surface area contributed by atoms with Crippen LogP contribution in [0.2, 0.25) is 5.02 Å². The zero-order chi connectivity index (χ0) is 14.3. The molecule has 20 heavy (non-hydrogen) atoms. The maximum atomic E-state index is 12.3. The van der Waals surface area contributed by atoms with Crippen LogP contribution < -0.4 is 5.32 Å². The Morgan fingerprint density at radius 3 is 2.45 bits per heavy atom. The van der Waals surface area contributed by atoms with Gasteiger partial charge in [-0.25, -0.2) is 4.79 Å². The molecule has 2 aliphatic rings. The Labute approximate surface area is 122 Å². The Bertz CT molecular complexity index is 560. The van der Waals surface area contributed by atoms with Gasteiger partial charge in [0.15, 0.2) is 0 Å². The number of amides is 1. The molecular weight excluding hydrogens is 278 g/mol. The zero-order valence-corrected chi connectivity index (χ0v) is 11.7. The summed E-state index contributed by atoms with van der Waals surface area (Å²) in [7, 11) is 0. The van der Waals surface area contributed by atoms with Crippen molar-refractivity contribution in [2.24, 2.45) is 17.8 Å². The number of carboxylic acids is 1. The van der Waals surface area contributed by atoms with Crippen LogP contribution in [0.4, 0.5) is 5.69 Å². The minimum absolute atomic E-state index is 0.0538. The lowest BCUT2D eigenvalue weighted by Gasteiger charge is -2.08. The first-order chi connectivity index (χ1) is 9.58. The fraction of sp³-hybridized carbons (Fsp3) is 0.467. The number of carboxylic acid groups (broad SMARTS) is 1. The number of fused-ring (bicyclic) bond motifs is 1. The molecule has 5 heteroatoms. The first kappa shape index (κ1) is 13.4. The predicted molar refractivity (Wildman–Crippen MR) is 76.0 cm³/mol. The maximum absolute atomic E-state index is 12.3. The fourth-order valence-electron chi connectivity index (χ4n) is 3.40. The smallest absolute Gasteiger partial charge is 0.337 e. The standard InChI is InChI=1S/C15H16ClNO3/c16-8-5-6-11(15(19)20)12(7-8)17-14(18)13-9-3-1-2-4-10(9)13/h5-7,9-10,13H,1-4H2,(H,17,18)(H,19,20). The summed E-state index contributed by atoms with van der Waals surface area (Å²) in [6.45, 7) is 0. The molecule has 0 saturated heterocycles. The van der Waals surface area contributed by atoms with Gasteiger partial charge in [0.05, 0.1) is 11.3 Å². The summed E-state index contributed by atoms with van der Waals surface area (Å²) in [5.74, 6) is -0.0811. The van der Waals surface area contributed by atoms with E-state index >= 15 is 0 Å². The van der Waals surface area contributed by atoms with Crippen molar-refractivity contribution in [2.45, 2.75) is 25.7 Å². The van der Waals surface area contributed by atoms with Gasteiger partial charge >= 0.3 is 5.97 Å². The topological polar surface area (TPSA) is 66.4 Å². The van der Waals surface area contributed by atoms with E-state index < -0.39 is 5.97 Å². The summed E-state index contributed by atoms with van der Waals surface area (Å²) in [4.78, 5) is 23.4. The molecule has 2 atom stereocenters. The van der Waals surface area contributed by atoms with Crippen LogP contribution in [0.3, 0.4) is 0 Å². The van der Waals surface area contributed by atoms with Crippen molar-refractivity contribution in [1.82, 2.24) is 0 Å². The number of anilines is 1. The molecule has 2 N–H and O–H groups in total. The third kappa shape index (κ3) is 2.40. The lowest BCUT2D eigenvalue weighted by molar-refractivity contribution is -0.117. The van der Waals surface area contributed by atoms with E-state index in [2.05, 4.69) is 5.32 Å². The van der Waals surface area contributed by atoms with Crippen molar-refractivity contribution in [2.75, 3.05) is 5.32 Å². The third-order valence-corrected chi connectivity index (χ3v) is 4.66. The molecule has 1 aromatic carbocycles. The van der Waals surface area contributed by atoms with E-state index in [0.717, 1.165) is 12.8 Å². The number of carbonyl (C=O) groups excluding carboxylic acids is 1. The monoisotopic (exact) mass is 293 g/mol. The van der Waals surface area contributed by atoms with Crippen LogP contribution in [0, 0.1) is 17.8 Å².